The van der Waals surface area contributed by atoms with Gasteiger partial charge in [-0.1, -0.05) is 261 Å². The first kappa shape index (κ1) is 43.5. The van der Waals surface area contributed by atoms with Crippen LogP contribution in [-0.2, 0) is 10.8 Å². The van der Waals surface area contributed by atoms with Crippen molar-refractivity contribution >= 4 is 38.9 Å². The highest BCUT2D eigenvalue weighted by molar-refractivity contribution is 6.15. The second-order valence-corrected chi connectivity index (χ2v) is 20.8. The van der Waals surface area contributed by atoms with E-state index in [-0.39, 0.29) is 0 Å². The minimum Gasteiger partial charge on any atom is -0.455 e. The van der Waals surface area contributed by atoms with Crippen LogP contribution in [0.2, 0.25) is 0 Å². The van der Waals surface area contributed by atoms with E-state index in [9.17, 15) is 0 Å². The van der Waals surface area contributed by atoms with Crippen LogP contribution in [0.15, 0.2) is 288 Å². The standard InChI is InChI=1S/C75H47NO/c1-3-19-48(20-4-1)49-39-43-53(44-40-49)69-47-54(23-17-35-68(76-69)52-21-5-2-6-22-52)50-37-41-51(42-38-50)55-27-18-28-60-71-67(46-45-59-58-26-9-16-36-70(58)77-73(59)71)75(72(55)60)65-33-14-12-31-63(65)74(64-32-13-15-34-66(64)75)61-29-10-7-24-56(61)57-25-8-11-30-62(57)74/h1-22,24-34,36-47H,23H2/b54-47+,76-69+. The van der Waals surface area contributed by atoms with Gasteiger partial charge in [0.2, 0.25) is 0 Å². The monoisotopic (exact) mass is 977 g/mol. The summed E-state index contributed by atoms with van der Waals surface area (Å²) >= 11 is 0. The molecule has 2 heteroatoms. The molecular weight excluding hydrogens is 931 g/mol. The van der Waals surface area contributed by atoms with Crippen molar-refractivity contribution < 1.29 is 4.42 Å². The van der Waals surface area contributed by atoms with Gasteiger partial charge in [-0.05, 0) is 119 Å². The van der Waals surface area contributed by atoms with Crippen LogP contribution in [-0.4, -0.2) is 5.71 Å². The summed E-state index contributed by atoms with van der Waals surface area (Å²) in [5, 5.41) is 2.26. The molecule has 358 valence electrons. The summed E-state index contributed by atoms with van der Waals surface area (Å²) in [6.45, 7) is 0. The van der Waals surface area contributed by atoms with E-state index in [0.29, 0.717) is 6.42 Å². The number of allylic oxidation sites excluding steroid dienone is 3. The zero-order chi connectivity index (χ0) is 50.7. The molecule has 1 aliphatic heterocycles. The maximum atomic E-state index is 7.07. The Kier molecular flexibility index (Phi) is 9.52. The number of nitrogens with zero attached hydrogens (tertiary/aromatic N) is 1. The van der Waals surface area contributed by atoms with Crippen LogP contribution in [0.1, 0.15) is 67.6 Å². The van der Waals surface area contributed by atoms with Gasteiger partial charge in [0.25, 0.3) is 0 Å². The number of para-hydroxylation sites is 1. The molecule has 11 aromatic carbocycles. The Hall–Kier alpha value is -9.85. The van der Waals surface area contributed by atoms with E-state index in [1.165, 1.54) is 83.5 Å². The molecule has 0 atom stereocenters. The second-order valence-electron chi connectivity index (χ2n) is 20.8. The molecule has 3 aliphatic carbocycles. The van der Waals surface area contributed by atoms with Gasteiger partial charge in [0, 0.05) is 27.5 Å². The lowest BCUT2D eigenvalue weighted by molar-refractivity contribution is 0.632. The third kappa shape index (κ3) is 6.16. The Balaban J connectivity index is 0.905. The normalized spacial score (nSPS) is 16.2. The average Bonchev–Trinajstić information content (AvgIpc) is 3.16. The van der Waals surface area contributed by atoms with Crippen LogP contribution < -0.4 is 0 Å². The van der Waals surface area contributed by atoms with E-state index in [0.717, 1.165) is 61.2 Å². The quantitative estimate of drug-likeness (QED) is 0.158. The number of aliphatic imine (C=N–C) groups is 1. The molecule has 0 fully saturated rings. The molecule has 0 saturated heterocycles. The Labute approximate surface area is 447 Å². The van der Waals surface area contributed by atoms with Crippen LogP contribution in [0.4, 0.5) is 0 Å². The van der Waals surface area contributed by atoms with Crippen LogP contribution in [0.25, 0.3) is 77.7 Å². The first-order valence-corrected chi connectivity index (χ1v) is 26.7. The number of fused-ring (bicyclic) bond motifs is 20. The lowest BCUT2D eigenvalue weighted by Crippen LogP contribution is -2.44. The fourth-order valence-corrected chi connectivity index (χ4v) is 13.9. The van der Waals surface area contributed by atoms with Crippen molar-refractivity contribution in [2.45, 2.75) is 17.3 Å². The van der Waals surface area contributed by atoms with Gasteiger partial charge in [0.1, 0.15) is 16.9 Å². The second kappa shape index (κ2) is 16.8. The van der Waals surface area contributed by atoms with E-state index < -0.39 is 10.8 Å². The summed E-state index contributed by atoms with van der Waals surface area (Å²) in [4.78, 5) is 5.36. The smallest absolute Gasteiger partial charge is 0.143 e. The molecule has 0 radical (unpaired) electrons. The van der Waals surface area contributed by atoms with Crippen LogP contribution in [0.3, 0.4) is 0 Å². The van der Waals surface area contributed by atoms with Crippen LogP contribution in [0, 0.1) is 0 Å². The first-order chi connectivity index (χ1) is 38.2. The molecule has 0 bridgehead atoms. The molecule has 0 N–H and O–H groups in total. The Morgan fingerprint density at radius 3 is 1.53 bits per heavy atom. The molecule has 16 rings (SSSR count). The maximum absolute atomic E-state index is 7.07. The zero-order valence-corrected chi connectivity index (χ0v) is 42.0. The van der Waals surface area contributed by atoms with Crippen molar-refractivity contribution in [3.05, 3.63) is 340 Å². The highest BCUT2D eigenvalue weighted by atomic mass is 16.3. The molecule has 77 heavy (non-hydrogen) atoms. The maximum Gasteiger partial charge on any atom is 0.143 e. The number of hydrogen-bond donors (Lipinski definition) is 0. The summed E-state index contributed by atoms with van der Waals surface area (Å²) in [6.07, 6.45) is 5.11. The average molecular weight is 978 g/mol. The molecule has 0 saturated carbocycles. The molecule has 4 aliphatic rings. The van der Waals surface area contributed by atoms with Gasteiger partial charge in [-0.3, -0.25) is 0 Å². The lowest BCUT2D eigenvalue weighted by Gasteiger charge is -2.49. The number of benzene rings is 11. The van der Waals surface area contributed by atoms with E-state index in [4.69, 9.17) is 9.41 Å². The third-order valence-corrected chi connectivity index (χ3v) is 17.1. The lowest BCUT2D eigenvalue weighted by atomic mass is 9.52. The third-order valence-electron chi connectivity index (χ3n) is 17.1. The van der Waals surface area contributed by atoms with Gasteiger partial charge in [-0.2, -0.15) is 0 Å². The molecule has 2 nitrogen and oxygen atoms in total. The van der Waals surface area contributed by atoms with E-state index in [1.54, 1.807) is 0 Å². The summed E-state index contributed by atoms with van der Waals surface area (Å²) < 4.78 is 7.07. The molecule has 0 unspecified atom stereocenters. The minimum absolute atomic E-state index is 0.544. The number of hydrogen-bond acceptors (Lipinski definition) is 2. The molecular formula is C75H47NO. The predicted octanol–water partition coefficient (Wildman–Crippen LogP) is 18.4. The van der Waals surface area contributed by atoms with Gasteiger partial charge in [0.15, 0.2) is 0 Å². The highest BCUT2D eigenvalue weighted by Crippen LogP contribution is 2.69. The zero-order valence-electron chi connectivity index (χ0n) is 42.0. The summed E-state index contributed by atoms with van der Waals surface area (Å²) in [6, 6.07) is 96.1. The molecule has 12 aromatic rings. The fourth-order valence-electron chi connectivity index (χ4n) is 13.9. The summed E-state index contributed by atoms with van der Waals surface area (Å²) in [5.74, 6) is 0. The van der Waals surface area contributed by atoms with Crippen molar-refractivity contribution in [1.82, 2.24) is 0 Å². The topological polar surface area (TPSA) is 25.5 Å². The van der Waals surface area contributed by atoms with Gasteiger partial charge >= 0.3 is 0 Å². The van der Waals surface area contributed by atoms with Crippen molar-refractivity contribution in [3.63, 3.8) is 0 Å². The predicted molar refractivity (Wildman–Crippen MR) is 316 cm³/mol. The number of rotatable bonds is 5. The van der Waals surface area contributed by atoms with E-state index >= 15 is 0 Å². The van der Waals surface area contributed by atoms with Gasteiger partial charge in [-0.15, -0.1) is 0 Å². The molecule has 1 aromatic heterocycles. The molecule has 0 amide bonds. The van der Waals surface area contributed by atoms with Crippen LogP contribution in [0.5, 0.6) is 0 Å². The number of furan rings is 1. The van der Waals surface area contributed by atoms with Gasteiger partial charge in [-0.25, -0.2) is 4.99 Å². The minimum atomic E-state index is -0.713. The van der Waals surface area contributed by atoms with Crippen molar-refractivity contribution in [1.29, 1.82) is 0 Å². The first-order valence-electron chi connectivity index (χ1n) is 26.7. The van der Waals surface area contributed by atoms with E-state index in [2.05, 4.69) is 273 Å². The Morgan fingerprint density at radius 1 is 0.351 bits per heavy atom. The van der Waals surface area contributed by atoms with Gasteiger partial charge < -0.3 is 4.42 Å². The van der Waals surface area contributed by atoms with Crippen molar-refractivity contribution in [2.24, 2.45) is 4.99 Å². The van der Waals surface area contributed by atoms with Crippen molar-refractivity contribution in [3.8, 4) is 44.5 Å². The van der Waals surface area contributed by atoms with Crippen LogP contribution >= 0.6 is 0 Å². The SMILES string of the molecule is C1=CC/C(c2ccc(-c3cccc4c3C3(c5ccccc5C5(c6ccccc6-c6ccccc65)c5ccccc53)c3ccc5c(oc6ccccc65)c3-4)cc2)=C\C(c2ccc(-c3ccccc3)cc2)=N/C=1c1ccccc1. The molecule has 2 spiro atoms. The Bertz CT molecular complexity index is 4450. The fraction of sp³-hybridized carbons (Fsp3) is 0.0400. The van der Waals surface area contributed by atoms with Gasteiger partial charge in [0.05, 0.1) is 16.5 Å². The Morgan fingerprint density at radius 2 is 0.857 bits per heavy atom. The van der Waals surface area contributed by atoms with Crippen molar-refractivity contribution in [2.75, 3.05) is 0 Å². The highest BCUT2D eigenvalue weighted by Gasteiger charge is 2.60. The molecule has 2 heterocycles. The van der Waals surface area contributed by atoms with E-state index in [1.807, 2.05) is 6.07 Å². The summed E-state index contributed by atoms with van der Waals surface area (Å²) in [7, 11) is 0. The summed E-state index contributed by atoms with van der Waals surface area (Å²) in [5.41, 5.74) is 30.4. The largest absolute Gasteiger partial charge is 0.455 e.